The first kappa shape index (κ1) is 13.2. The summed E-state index contributed by atoms with van der Waals surface area (Å²) in [5, 5.41) is 0. The van der Waals surface area contributed by atoms with Crippen molar-refractivity contribution in [2.24, 2.45) is 0 Å². The van der Waals surface area contributed by atoms with Crippen molar-refractivity contribution in [1.82, 2.24) is 0 Å². The number of hydrogen-bond acceptors (Lipinski definition) is 4. The third-order valence-corrected chi connectivity index (χ3v) is 2.39. The lowest BCUT2D eigenvalue weighted by atomic mass is 10.1. The van der Waals surface area contributed by atoms with Crippen molar-refractivity contribution in [1.29, 1.82) is 0 Å². The van der Waals surface area contributed by atoms with E-state index in [1.54, 1.807) is 13.0 Å². The fourth-order valence-electron chi connectivity index (χ4n) is 1.78. The first-order chi connectivity index (χ1) is 7.48. The molecule has 0 bridgehead atoms. The number of carbonyl (C=O) groups is 1. The van der Waals surface area contributed by atoms with Crippen LogP contribution in [0.5, 0.6) is 0 Å². The normalized spacial score (nSPS) is 27.7. The SMILES string of the molecule is C=CC1OC(C)(C)OC1CCC(=O)OCC. The predicted molar refractivity (Wildman–Crippen MR) is 59.9 cm³/mol. The van der Waals surface area contributed by atoms with E-state index in [1.807, 2.05) is 13.8 Å². The van der Waals surface area contributed by atoms with Crippen LogP contribution in [0.4, 0.5) is 0 Å². The molecular formula is C12H20O4. The summed E-state index contributed by atoms with van der Waals surface area (Å²) in [6.07, 6.45) is 2.40. The highest BCUT2D eigenvalue weighted by Crippen LogP contribution is 2.30. The molecular weight excluding hydrogens is 208 g/mol. The molecule has 0 spiro atoms. The molecule has 2 atom stereocenters. The Morgan fingerprint density at radius 1 is 1.50 bits per heavy atom. The third-order valence-electron chi connectivity index (χ3n) is 2.39. The molecule has 1 rings (SSSR count). The number of carbonyl (C=O) groups excluding carboxylic acids is 1. The first-order valence-electron chi connectivity index (χ1n) is 5.62. The van der Waals surface area contributed by atoms with Crippen LogP contribution in [-0.4, -0.2) is 30.6 Å². The molecule has 1 aliphatic rings. The molecule has 1 fully saturated rings. The highest BCUT2D eigenvalue weighted by molar-refractivity contribution is 5.69. The van der Waals surface area contributed by atoms with Gasteiger partial charge in [-0.2, -0.15) is 0 Å². The standard InChI is InChI=1S/C12H20O4/c1-5-9-10(16-12(3,4)15-9)7-8-11(13)14-6-2/h5,9-10H,1,6-8H2,2-4H3. The van der Waals surface area contributed by atoms with E-state index in [4.69, 9.17) is 14.2 Å². The van der Waals surface area contributed by atoms with E-state index < -0.39 is 5.79 Å². The van der Waals surface area contributed by atoms with Crippen LogP contribution in [0.25, 0.3) is 0 Å². The van der Waals surface area contributed by atoms with Crippen LogP contribution < -0.4 is 0 Å². The van der Waals surface area contributed by atoms with Gasteiger partial charge in [0.25, 0.3) is 0 Å². The number of hydrogen-bond donors (Lipinski definition) is 0. The lowest BCUT2D eigenvalue weighted by molar-refractivity contribution is -0.149. The molecule has 16 heavy (non-hydrogen) atoms. The van der Waals surface area contributed by atoms with Crippen LogP contribution in [0.15, 0.2) is 12.7 Å². The quantitative estimate of drug-likeness (QED) is 0.533. The van der Waals surface area contributed by atoms with Gasteiger partial charge in [-0.3, -0.25) is 4.79 Å². The second-order valence-electron chi connectivity index (χ2n) is 4.22. The van der Waals surface area contributed by atoms with Gasteiger partial charge in [-0.05, 0) is 27.2 Å². The van der Waals surface area contributed by atoms with Crippen LogP contribution in [0.3, 0.4) is 0 Å². The average molecular weight is 228 g/mol. The second kappa shape index (κ2) is 5.46. The molecule has 4 nitrogen and oxygen atoms in total. The highest BCUT2D eigenvalue weighted by atomic mass is 16.7. The monoisotopic (exact) mass is 228 g/mol. The molecule has 0 amide bonds. The summed E-state index contributed by atoms with van der Waals surface area (Å²) in [5.74, 6) is -0.795. The Bertz CT molecular complexity index is 260. The molecule has 0 aliphatic carbocycles. The molecule has 0 saturated carbocycles. The van der Waals surface area contributed by atoms with Gasteiger partial charge in [-0.1, -0.05) is 6.08 Å². The van der Waals surface area contributed by atoms with Gasteiger partial charge in [0.2, 0.25) is 0 Å². The van der Waals surface area contributed by atoms with Crippen molar-refractivity contribution in [2.75, 3.05) is 6.61 Å². The van der Waals surface area contributed by atoms with E-state index in [1.165, 1.54) is 0 Å². The molecule has 2 unspecified atom stereocenters. The minimum absolute atomic E-state index is 0.114. The summed E-state index contributed by atoms with van der Waals surface area (Å²) in [6, 6.07) is 0. The summed E-state index contributed by atoms with van der Waals surface area (Å²) in [7, 11) is 0. The Labute approximate surface area is 96.6 Å². The Hall–Kier alpha value is -0.870. The summed E-state index contributed by atoms with van der Waals surface area (Å²) in [4.78, 5) is 11.2. The maximum atomic E-state index is 11.2. The molecule has 0 aromatic carbocycles. The molecule has 0 aromatic heterocycles. The van der Waals surface area contributed by atoms with Gasteiger partial charge in [0.1, 0.15) is 6.10 Å². The molecule has 0 radical (unpaired) electrons. The Morgan fingerprint density at radius 2 is 2.19 bits per heavy atom. The van der Waals surface area contributed by atoms with Crippen molar-refractivity contribution in [3.05, 3.63) is 12.7 Å². The van der Waals surface area contributed by atoms with E-state index in [-0.39, 0.29) is 18.2 Å². The van der Waals surface area contributed by atoms with E-state index >= 15 is 0 Å². The van der Waals surface area contributed by atoms with Crippen molar-refractivity contribution < 1.29 is 19.0 Å². The summed E-state index contributed by atoms with van der Waals surface area (Å²) in [5.41, 5.74) is 0. The van der Waals surface area contributed by atoms with Crippen LogP contribution in [0.1, 0.15) is 33.6 Å². The number of ether oxygens (including phenoxy) is 3. The molecule has 0 N–H and O–H groups in total. The van der Waals surface area contributed by atoms with Crippen molar-refractivity contribution in [2.45, 2.75) is 51.6 Å². The Morgan fingerprint density at radius 3 is 2.75 bits per heavy atom. The van der Waals surface area contributed by atoms with Gasteiger partial charge in [0.15, 0.2) is 5.79 Å². The van der Waals surface area contributed by atoms with Crippen LogP contribution in [0, 0.1) is 0 Å². The number of rotatable bonds is 5. The topological polar surface area (TPSA) is 44.8 Å². The Kier molecular flexibility index (Phi) is 4.50. The van der Waals surface area contributed by atoms with Gasteiger partial charge in [0.05, 0.1) is 12.7 Å². The van der Waals surface area contributed by atoms with Gasteiger partial charge >= 0.3 is 5.97 Å². The minimum atomic E-state index is -0.599. The number of esters is 1. The van der Waals surface area contributed by atoms with Gasteiger partial charge in [0, 0.05) is 6.42 Å². The zero-order valence-corrected chi connectivity index (χ0v) is 10.2. The lowest BCUT2D eigenvalue weighted by Gasteiger charge is -2.16. The van der Waals surface area contributed by atoms with Gasteiger partial charge < -0.3 is 14.2 Å². The zero-order chi connectivity index (χ0) is 12.2. The smallest absolute Gasteiger partial charge is 0.305 e. The van der Waals surface area contributed by atoms with Gasteiger partial charge in [-0.25, -0.2) is 0 Å². The fraction of sp³-hybridized carbons (Fsp3) is 0.750. The van der Waals surface area contributed by atoms with Crippen molar-refractivity contribution in [3.8, 4) is 0 Å². The Balaban J connectivity index is 2.41. The van der Waals surface area contributed by atoms with E-state index in [2.05, 4.69) is 6.58 Å². The van der Waals surface area contributed by atoms with E-state index in [0.717, 1.165) is 0 Å². The largest absolute Gasteiger partial charge is 0.466 e. The van der Waals surface area contributed by atoms with Gasteiger partial charge in [-0.15, -0.1) is 6.58 Å². The molecule has 4 heteroatoms. The molecule has 92 valence electrons. The third kappa shape index (κ3) is 3.61. The summed E-state index contributed by atoms with van der Waals surface area (Å²) >= 11 is 0. The molecule has 1 saturated heterocycles. The minimum Gasteiger partial charge on any atom is -0.466 e. The average Bonchev–Trinajstić information content (AvgIpc) is 2.51. The predicted octanol–water partition coefficient (Wildman–Crippen LogP) is 2.04. The van der Waals surface area contributed by atoms with Crippen LogP contribution in [0.2, 0.25) is 0 Å². The molecule has 1 heterocycles. The summed E-state index contributed by atoms with van der Waals surface area (Å²) in [6.45, 7) is 9.62. The van der Waals surface area contributed by atoms with Crippen molar-refractivity contribution in [3.63, 3.8) is 0 Å². The molecule has 0 aromatic rings. The summed E-state index contributed by atoms with van der Waals surface area (Å²) < 4.78 is 16.2. The second-order valence-corrected chi connectivity index (χ2v) is 4.22. The zero-order valence-electron chi connectivity index (χ0n) is 10.2. The maximum Gasteiger partial charge on any atom is 0.305 e. The van der Waals surface area contributed by atoms with E-state index in [9.17, 15) is 4.79 Å². The lowest BCUT2D eigenvalue weighted by Crippen LogP contribution is -2.22. The first-order valence-corrected chi connectivity index (χ1v) is 5.62. The van der Waals surface area contributed by atoms with Crippen LogP contribution >= 0.6 is 0 Å². The maximum absolute atomic E-state index is 11.2. The highest BCUT2D eigenvalue weighted by Gasteiger charge is 2.39. The van der Waals surface area contributed by atoms with Crippen molar-refractivity contribution >= 4 is 5.97 Å². The van der Waals surface area contributed by atoms with E-state index in [0.29, 0.717) is 19.4 Å². The fourth-order valence-corrected chi connectivity index (χ4v) is 1.78. The molecule has 1 aliphatic heterocycles. The van der Waals surface area contributed by atoms with Crippen LogP contribution in [-0.2, 0) is 19.0 Å².